The third-order valence-corrected chi connectivity index (χ3v) is 6.52. The van der Waals surface area contributed by atoms with Gasteiger partial charge >= 0.3 is 13.1 Å². The van der Waals surface area contributed by atoms with Gasteiger partial charge in [-0.2, -0.15) is 5.10 Å². The highest BCUT2D eigenvalue weighted by molar-refractivity contribution is 7.97. The Bertz CT molecular complexity index is 1300. The molecule has 0 radical (unpaired) electrons. The molecule has 3 aromatic rings. The van der Waals surface area contributed by atoms with Crippen molar-refractivity contribution in [2.24, 2.45) is 0 Å². The van der Waals surface area contributed by atoms with Crippen LogP contribution in [0.1, 0.15) is 37.4 Å². The summed E-state index contributed by atoms with van der Waals surface area (Å²) in [6, 6.07) is 9.02. The van der Waals surface area contributed by atoms with E-state index in [4.69, 9.17) is 10.0 Å². The smallest absolute Gasteiger partial charge is 0.424 e. The van der Waals surface area contributed by atoms with Gasteiger partial charge in [-0.05, 0) is 61.9 Å². The van der Waals surface area contributed by atoms with Crippen molar-refractivity contribution >= 4 is 30.8 Å². The van der Waals surface area contributed by atoms with Gasteiger partial charge in [-0.3, -0.25) is 14.2 Å². The molecule has 182 valence electrons. The second-order valence-electron chi connectivity index (χ2n) is 8.61. The van der Waals surface area contributed by atoms with E-state index in [2.05, 4.69) is 21.2 Å². The lowest BCUT2D eigenvalue weighted by Crippen LogP contribution is -2.24. The number of carbonyl (C=O) groups is 1. The lowest BCUT2D eigenvalue weighted by atomic mass is 9.92. The van der Waals surface area contributed by atoms with E-state index in [1.807, 2.05) is 26.0 Å². The summed E-state index contributed by atoms with van der Waals surface area (Å²) in [5, 5.41) is 25.7. The molecular weight excluding hydrogens is 465 g/mol. The minimum Gasteiger partial charge on any atom is -0.424 e. The van der Waals surface area contributed by atoms with Crippen LogP contribution in [-0.2, 0) is 19.4 Å². The zero-order chi connectivity index (χ0) is 24.9. The van der Waals surface area contributed by atoms with E-state index >= 15 is 0 Å². The number of rotatable bonds is 8. The predicted molar refractivity (Wildman–Crippen MR) is 138 cm³/mol. The molecule has 35 heavy (non-hydrogen) atoms. The number of benzene rings is 1. The fraction of sp³-hybridized carbons (Fsp3) is 0.292. The lowest BCUT2D eigenvalue weighted by Gasteiger charge is -2.17. The number of fused-ring (bicyclic) bond motifs is 1. The summed E-state index contributed by atoms with van der Waals surface area (Å²) in [5.74, 6) is 1.25. The number of nitrogens with one attached hydrogen (secondary N) is 2. The summed E-state index contributed by atoms with van der Waals surface area (Å²) < 4.78 is 6.06. The topological polar surface area (TPSA) is 121 Å². The third-order valence-electron chi connectivity index (χ3n) is 5.80. The van der Waals surface area contributed by atoms with E-state index in [9.17, 15) is 9.59 Å². The molecule has 4 rings (SSSR count). The van der Waals surface area contributed by atoms with Gasteiger partial charge in [0.05, 0.1) is 12.2 Å². The summed E-state index contributed by atoms with van der Waals surface area (Å²) in [6.45, 7) is 4.30. The molecule has 2 amide bonds. The molecule has 0 saturated heterocycles. The van der Waals surface area contributed by atoms with Crippen LogP contribution in [0.25, 0.3) is 11.1 Å². The van der Waals surface area contributed by atoms with Crippen LogP contribution in [0.3, 0.4) is 0 Å². The summed E-state index contributed by atoms with van der Waals surface area (Å²) in [6.07, 6.45) is 7.98. The number of amides is 2. The van der Waals surface area contributed by atoms with Crippen LogP contribution in [0.5, 0.6) is 0 Å². The van der Waals surface area contributed by atoms with Gasteiger partial charge in [0.15, 0.2) is 0 Å². The maximum Gasteiger partial charge on any atom is 0.480 e. The number of carbonyl (C=O) groups excluding carboxylic acids is 1. The minimum absolute atomic E-state index is 0.0674. The Morgan fingerprint density at radius 1 is 1.23 bits per heavy atom. The molecule has 0 fully saturated rings. The summed E-state index contributed by atoms with van der Waals surface area (Å²) in [4.78, 5) is 25.4. The highest BCUT2D eigenvalue weighted by atomic mass is 32.2. The molecule has 0 atom stereocenters. The zero-order valence-electron chi connectivity index (χ0n) is 19.6. The standard InChI is InChI=1S/C24H28BN5O4S/c1-16(2)30-14-9-18(15-22(30)31)20-8-7-17-5-3-6-19(17)23(20)26-24(32)28-35-21-10-13-29(27-21)12-4-11-25(33)34/h4,7-11,13-16,33-34H,3,5-6,12H2,1-2H3,(H2,26,28,32)/b11-4+. The quantitative estimate of drug-likeness (QED) is 0.283. The molecule has 1 aliphatic carbocycles. The van der Waals surface area contributed by atoms with Crippen LogP contribution in [0.4, 0.5) is 10.5 Å². The fourth-order valence-electron chi connectivity index (χ4n) is 4.16. The van der Waals surface area contributed by atoms with E-state index in [-0.39, 0.29) is 17.6 Å². The summed E-state index contributed by atoms with van der Waals surface area (Å²) >= 11 is 1.08. The van der Waals surface area contributed by atoms with Gasteiger partial charge in [0.2, 0.25) is 0 Å². The first-order valence-electron chi connectivity index (χ1n) is 11.5. The number of nitrogens with zero attached hydrogens (tertiary/aromatic N) is 3. The van der Waals surface area contributed by atoms with Gasteiger partial charge < -0.3 is 19.9 Å². The average Bonchev–Trinajstić information content (AvgIpc) is 3.47. The first-order valence-corrected chi connectivity index (χ1v) is 12.3. The molecule has 0 saturated carbocycles. The SMILES string of the molecule is CC(C)n1ccc(-c2ccc3c(c2NC(=O)NSc2ccn(C/C=C/B(O)O)n2)CCC3)cc1=O. The largest absolute Gasteiger partial charge is 0.480 e. The van der Waals surface area contributed by atoms with Crippen LogP contribution >= 0.6 is 11.9 Å². The number of pyridine rings is 1. The molecular formula is C24H28BN5O4S. The molecule has 1 aromatic carbocycles. The average molecular weight is 493 g/mol. The molecule has 4 N–H and O–H groups in total. The number of urea groups is 1. The summed E-state index contributed by atoms with van der Waals surface area (Å²) in [5.41, 5.74) is 4.57. The number of hydrogen-bond donors (Lipinski definition) is 4. The molecule has 0 spiro atoms. The Morgan fingerprint density at radius 3 is 2.80 bits per heavy atom. The molecule has 0 aliphatic heterocycles. The second kappa shape index (κ2) is 11.0. The normalized spacial score (nSPS) is 12.8. The van der Waals surface area contributed by atoms with E-state index < -0.39 is 7.12 Å². The van der Waals surface area contributed by atoms with Crippen LogP contribution in [0, 0.1) is 0 Å². The van der Waals surface area contributed by atoms with Crippen molar-refractivity contribution in [2.45, 2.75) is 50.7 Å². The number of hydrogen-bond acceptors (Lipinski definition) is 6. The maximum atomic E-state index is 12.8. The van der Waals surface area contributed by atoms with E-state index in [1.54, 1.807) is 39.9 Å². The first-order chi connectivity index (χ1) is 16.8. The highest BCUT2D eigenvalue weighted by Gasteiger charge is 2.21. The second-order valence-corrected chi connectivity index (χ2v) is 9.44. The predicted octanol–water partition coefficient (Wildman–Crippen LogP) is 3.18. The Hall–Kier alpha value is -3.28. The number of aryl methyl sites for hydroxylation is 1. The van der Waals surface area contributed by atoms with Crippen molar-refractivity contribution in [1.82, 2.24) is 19.1 Å². The Morgan fingerprint density at radius 2 is 2.06 bits per heavy atom. The number of anilines is 1. The molecule has 9 nitrogen and oxygen atoms in total. The number of allylic oxidation sites excluding steroid dienone is 1. The fourth-order valence-corrected chi connectivity index (χ4v) is 4.68. The molecule has 2 aromatic heterocycles. The van der Waals surface area contributed by atoms with Gasteiger partial charge in [0, 0.05) is 42.0 Å². The van der Waals surface area contributed by atoms with Gasteiger partial charge in [0.1, 0.15) is 5.03 Å². The summed E-state index contributed by atoms with van der Waals surface area (Å²) in [7, 11) is -1.50. The van der Waals surface area contributed by atoms with E-state index in [1.165, 1.54) is 11.5 Å². The number of aromatic nitrogens is 3. The molecule has 1 aliphatic rings. The van der Waals surface area contributed by atoms with Gasteiger partial charge in [-0.25, -0.2) is 4.79 Å². The van der Waals surface area contributed by atoms with Crippen LogP contribution < -0.4 is 15.6 Å². The van der Waals surface area contributed by atoms with Crippen molar-refractivity contribution in [3.05, 3.63) is 76.3 Å². The zero-order valence-corrected chi connectivity index (χ0v) is 20.5. The van der Waals surface area contributed by atoms with Crippen molar-refractivity contribution in [1.29, 1.82) is 0 Å². The van der Waals surface area contributed by atoms with Crippen LogP contribution in [-0.4, -0.2) is 37.5 Å². The van der Waals surface area contributed by atoms with Crippen LogP contribution in [0.15, 0.2) is 64.6 Å². The molecule has 0 unspecified atom stereocenters. The molecule has 0 bridgehead atoms. The minimum atomic E-state index is -1.50. The molecule has 2 heterocycles. The Balaban J connectivity index is 1.50. The third kappa shape index (κ3) is 6.05. The van der Waals surface area contributed by atoms with Crippen molar-refractivity contribution in [2.75, 3.05) is 5.32 Å². The Labute approximate surface area is 208 Å². The van der Waals surface area contributed by atoms with Gasteiger partial charge in [0.25, 0.3) is 5.56 Å². The van der Waals surface area contributed by atoms with Crippen LogP contribution in [0.2, 0.25) is 0 Å². The van der Waals surface area contributed by atoms with Gasteiger partial charge in [-0.1, -0.05) is 24.2 Å². The van der Waals surface area contributed by atoms with E-state index in [0.717, 1.165) is 53.6 Å². The highest BCUT2D eigenvalue weighted by Crippen LogP contribution is 2.37. The van der Waals surface area contributed by atoms with Crippen molar-refractivity contribution in [3.63, 3.8) is 0 Å². The molecule has 11 heteroatoms. The van der Waals surface area contributed by atoms with E-state index in [0.29, 0.717) is 11.6 Å². The lowest BCUT2D eigenvalue weighted by molar-refractivity contribution is 0.257. The first kappa shape index (κ1) is 24.8. The maximum absolute atomic E-state index is 12.8. The monoisotopic (exact) mass is 493 g/mol. The van der Waals surface area contributed by atoms with Gasteiger partial charge in [-0.15, -0.1) is 0 Å². The Kier molecular flexibility index (Phi) is 7.79. The van der Waals surface area contributed by atoms with Crippen molar-refractivity contribution < 1.29 is 14.8 Å². The van der Waals surface area contributed by atoms with Crippen molar-refractivity contribution in [3.8, 4) is 11.1 Å².